The maximum absolute atomic E-state index is 6.35. The summed E-state index contributed by atoms with van der Waals surface area (Å²) in [6.07, 6.45) is 3.45. The van der Waals surface area contributed by atoms with Gasteiger partial charge in [-0.1, -0.05) is 91.0 Å². The second kappa shape index (κ2) is 11.6. The summed E-state index contributed by atoms with van der Waals surface area (Å²) < 4.78 is 9.03. The van der Waals surface area contributed by atoms with E-state index in [9.17, 15) is 0 Å². The molecule has 4 heterocycles. The minimum atomic E-state index is -0.279. The molecule has 0 aliphatic heterocycles. The van der Waals surface area contributed by atoms with Gasteiger partial charge in [0, 0.05) is 25.8 Å². The number of hydrogen-bond acceptors (Lipinski definition) is 5. The van der Waals surface area contributed by atoms with Crippen molar-refractivity contribution in [1.29, 1.82) is 0 Å². The summed E-state index contributed by atoms with van der Waals surface area (Å²) in [5, 5.41) is 8.17. The Morgan fingerprint density at radius 3 is 2.00 bits per heavy atom. The topological polar surface area (TPSA) is 38.9 Å². The van der Waals surface area contributed by atoms with Crippen molar-refractivity contribution >= 4 is 64.9 Å². The van der Waals surface area contributed by atoms with E-state index in [1.54, 1.807) is 6.33 Å². The third-order valence-corrected chi connectivity index (χ3v) is 12.8. The second-order valence-corrected chi connectivity index (χ2v) is 15.7. The fraction of sp³-hybridized carbons (Fsp3) is 0.0638. The Morgan fingerprint density at radius 1 is 0.519 bits per heavy atom. The molecule has 0 fully saturated rings. The molecule has 1 aliphatic carbocycles. The molecule has 6 aromatic carbocycles. The fourth-order valence-electron chi connectivity index (χ4n) is 8.73. The zero-order chi connectivity index (χ0) is 34.2. The van der Waals surface area contributed by atoms with Crippen LogP contribution in [0.5, 0.6) is 0 Å². The molecular weight excluding hydrogens is 673 g/mol. The zero-order valence-corrected chi connectivity index (χ0v) is 29.7. The fourth-order valence-corrected chi connectivity index (χ4v) is 10.4. The normalized spacial score (nSPS) is 13.3. The molecular formula is C47H30N2OS2. The van der Waals surface area contributed by atoms with E-state index >= 15 is 0 Å². The van der Waals surface area contributed by atoms with Crippen molar-refractivity contribution in [3.63, 3.8) is 0 Å². The van der Waals surface area contributed by atoms with Gasteiger partial charge in [0.1, 0.15) is 23.1 Å². The summed E-state index contributed by atoms with van der Waals surface area (Å²) in [5.41, 5.74) is 14.5. The number of hydrogen-bond donors (Lipinski definition) is 0. The van der Waals surface area contributed by atoms with E-state index in [0.717, 1.165) is 51.7 Å². The summed E-state index contributed by atoms with van der Waals surface area (Å²) in [4.78, 5) is 9.35. The maximum Gasteiger partial charge on any atom is 0.180 e. The molecule has 0 saturated carbocycles. The molecule has 1 aliphatic rings. The number of fused-ring (bicyclic) bond motifs is 8. The van der Waals surface area contributed by atoms with Crippen LogP contribution in [0.4, 0.5) is 0 Å². The van der Waals surface area contributed by atoms with Crippen molar-refractivity contribution in [1.82, 2.24) is 9.97 Å². The summed E-state index contributed by atoms with van der Waals surface area (Å²) in [6.45, 7) is 0. The van der Waals surface area contributed by atoms with Crippen molar-refractivity contribution in [2.75, 3.05) is 0 Å². The lowest BCUT2D eigenvalue weighted by Gasteiger charge is -2.34. The number of aromatic nitrogens is 2. The Kier molecular flexibility index (Phi) is 6.63. The largest absolute Gasteiger partial charge is 0.452 e. The Morgan fingerprint density at radius 2 is 1.19 bits per heavy atom. The highest BCUT2D eigenvalue weighted by atomic mass is 32.1. The van der Waals surface area contributed by atoms with Gasteiger partial charge >= 0.3 is 0 Å². The minimum absolute atomic E-state index is 0.279. The monoisotopic (exact) mass is 702 g/mol. The van der Waals surface area contributed by atoms with Crippen LogP contribution in [0.2, 0.25) is 0 Å². The van der Waals surface area contributed by atoms with Crippen molar-refractivity contribution in [3.8, 4) is 33.5 Å². The lowest BCUT2D eigenvalue weighted by Crippen LogP contribution is -2.31. The van der Waals surface area contributed by atoms with Crippen LogP contribution < -0.4 is 0 Å². The molecule has 5 heteroatoms. The van der Waals surface area contributed by atoms with Gasteiger partial charge in [0.25, 0.3) is 0 Å². The molecule has 246 valence electrons. The molecule has 4 aromatic heterocycles. The van der Waals surface area contributed by atoms with Crippen LogP contribution >= 0.6 is 22.7 Å². The average molecular weight is 703 g/mol. The number of para-hydroxylation sites is 1. The van der Waals surface area contributed by atoms with Crippen LogP contribution in [-0.4, -0.2) is 9.97 Å². The van der Waals surface area contributed by atoms with Crippen molar-refractivity contribution in [2.24, 2.45) is 0 Å². The van der Waals surface area contributed by atoms with E-state index < -0.39 is 0 Å². The summed E-state index contributed by atoms with van der Waals surface area (Å²) in [7, 11) is 0. The third kappa shape index (κ3) is 4.49. The number of rotatable bonds is 6. The number of thiophene rings is 2. The lowest BCUT2D eigenvalue weighted by atomic mass is 9.68. The molecule has 0 N–H and O–H groups in total. The van der Waals surface area contributed by atoms with Gasteiger partial charge in [-0.15, -0.1) is 22.7 Å². The average Bonchev–Trinajstić information content (AvgIpc) is 4.00. The van der Waals surface area contributed by atoms with Crippen LogP contribution in [0.15, 0.2) is 161 Å². The molecule has 52 heavy (non-hydrogen) atoms. The highest BCUT2D eigenvalue weighted by molar-refractivity contribution is 7.17. The first kappa shape index (κ1) is 29.8. The van der Waals surface area contributed by atoms with Gasteiger partial charge in [-0.05, 0) is 127 Å². The highest BCUT2D eigenvalue weighted by Gasteiger charge is 2.44. The summed E-state index contributed by atoms with van der Waals surface area (Å²) in [5.74, 6) is 0. The number of nitrogens with zero attached hydrogens (tertiary/aromatic N) is 2. The Bertz CT molecular complexity index is 2930. The van der Waals surface area contributed by atoms with Crippen molar-refractivity contribution < 1.29 is 4.42 Å². The molecule has 0 bridgehead atoms. The van der Waals surface area contributed by atoms with Gasteiger partial charge in [0.2, 0.25) is 0 Å². The molecule has 0 atom stereocenters. The lowest BCUT2D eigenvalue weighted by molar-refractivity contribution is 0.523. The zero-order valence-electron chi connectivity index (χ0n) is 28.0. The molecule has 0 amide bonds. The second-order valence-electron chi connectivity index (χ2n) is 13.8. The van der Waals surface area contributed by atoms with Gasteiger partial charge < -0.3 is 4.42 Å². The first-order valence-electron chi connectivity index (χ1n) is 17.6. The standard InChI is InChI=1S/C47H30N2OS2/c1-3-14-39-36(12-1)37-19-18-30(29-8-5-9-31(24-29)44-46-45(49-28-48-44)38-13-2-4-15-41(38)50-46)25-40(37)47(39,26-32-10-6-16-42-34(32)20-22-51-42)27-33-11-7-17-43-35(33)21-23-52-43/h1-25,28H,26-27H2. The smallest absolute Gasteiger partial charge is 0.180 e. The number of benzene rings is 6. The van der Waals surface area contributed by atoms with Crippen LogP contribution in [0, 0.1) is 0 Å². The molecule has 10 aromatic rings. The van der Waals surface area contributed by atoms with E-state index in [0.29, 0.717) is 0 Å². The first-order chi connectivity index (χ1) is 25.7. The quantitative estimate of drug-likeness (QED) is 0.173. The maximum atomic E-state index is 6.35. The van der Waals surface area contributed by atoms with Crippen LogP contribution in [0.25, 0.3) is 75.8 Å². The van der Waals surface area contributed by atoms with E-state index in [1.165, 1.54) is 59.1 Å². The van der Waals surface area contributed by atoms with Gasteiger partial charge in [-0.2, -0.15) is 0 Å². The number of furan rings is 1. The SMILES string of the molecule is c1cc(-c2ccc3c(c2)C(Cc2cccc4sccc24)(Cc2cccc4sccc24)c2ccccc2-3)cc(-c2ncnc3c2oc2ccccc23)c1. The van der Waals surface area contributed by atoms with Crippen molar-refractivity contribution in [3.05, 3.63) is 179 Å². The van der Waals surface area contributed by atoms with E-state index in [-0.39, 0.29) is 5.41 Å². The molecule has 0 radical (unpaired) electrons. The Labute approximate surface area is 308 Å². The van der Waals surface area contributed by atoms with Crippen molar-refractivity contribution in [2.45, 2.75) is 18.3 Å². The molecule has 11 rings (SSSR count). The molecule has 0 spiro atoms. The van der Waals surface area contributed by atoms with Gasteiger partial charge in [0.15, 0.2) is 5.58 Å². The highest BCUT2D eigenvalue weighted by Crippen LogP contribution is 2.54. The minimum Gasteiger partial charge on any atom is -0.452 e. The van der Waals surface area contributed by atoms with E-state index in [1.807, 2.05) is 40.9 Å². The predicted octanol–water partition coefficient (Wildman–Crippen LogP) is 12.9. The van der Waals surface area contributed by atoms with Gasteiger partial charge in [-0.3, -0.25) is 0 Å². The van der Waals surface area contributed by atoms with E-state index in [4.69, 9.17) is 9.40 Å². The Balaban J connectivity index is 1.11. The van der Waals surface area contributed by atoms with Crippen LogP contribution in [0.1, 0.15) is 22.3 Å². The van der Waals surface area contributed by atoms with Crippen LogP contribution in [-0.2, 0) is 18.3 Å². The van der Waals surface area contributed by atoms with Gasteiger partial charge in [0.05, 0.1) is 0 Å². The molecule has 0 unspecified atom stereocenters. The molecule has 3 nitrogen and oxygen atoms in total. The third-order valence-electron chi connectivity index (χ3n) is 11.1. The van der Waals surface area contributed by atoms with Gasteiger partial charge in [-0.25, -0.2) is 9.97 Å². The predicted molar refractivity (Wildman–Crippen MR) is 217 cm³/mol. The summed E-state index contributed by atoms with van der Waals surface area (Å²) >= 11 is 3.65. The summed E-state index contributed by atoms with van der Waals surface area (Å²) in [6, 6.07) is 51.3. The molecule has 0 saturated heterocycles. The Hall–Kier alpha value is -5.88. The van der Waals surface area contributed by atoms with E-state index in [2.05, 4.69) is 137 Å². The van der Waals surface area contributed by atoms with Crippen LogP contribution in [0.3, 0.4) is 0 Å². The first-order valence-corrected chi connectivity index (χ1v) is 19.4.